The standard InChI is InChI=1S/C13H19NO3S/c1-11(2)13(10-15)14-18(16,17)9-8-12-6-4-3-5-7-12/h3-9,11,13-15H,10H2,1-2H3. The van der Waals surface area contributed by atoms with E-state index in [9.17, 15) is 8.42 Å². The molecule has 0 spiro atoms. The van der Waals surface area contributed by atoms with Crippen LogP contribution in [-0.2, 0) is 10.0 Å². The third-order valence-corrected chi connectivity index (χ3v) is 3.68. The van der Waals surface area contributed by atoms with E-state index in [4.69, 9.17) is 5.11 Å². The second-order valence-corrected chi connectivity index (χ2v) is 6.01. The SMILES string of the molecule is CC(C)C(CO)NS(=O)(=O)C=Cc1ccccc1. The van der Waals surface area contributed by atoms with Gasteiger partial charge in [0.05, 0.1) is 6.61 Å². The van der Waals surface area contributed by atoms with E-state index < -0.39 is 16.1 Å². The highest BCUT2D eigenvalue weighted by molar-refractivity contribution is 7.92. The number of hydrogen-bond donors (Lipinski definition) is 2. The van der Waals surface area contributed by atoms with Crippen LogP contribution >= 0.6 is 0 Å². The first-order valence-electron chi connectivity index (χ1n) is 5.81. The van der Waals surface area contributed by atoms with Gasteiger partial charge in [0.2, 0.25) is 10.0 Å². The van der Waals surface area contributed by atoms with Crippen molar-refractivity contribution in [2.75, 3.05) is 6.61 Å². The molecule has 0 saturated carbocycles. The molecule has 0 aromatic heterocycles. The van der Waals surface area contributed by atoms with Crippen molar-refractivity contribution < 1.29 is 13.5 Å². The van der Waals surface area contributed by atoms with Crippen molar-refractivity contribution in [3.8, 4) is 0 Å². The second-order valence-electron chi connectivity index (χ2n) is 4.41. The molecule has 2 N–H and O–H groups in total. The lowest BCUT2D eigenvalue weighted by Crippen LogP contribution is -2.40. The zero-order valence-corrected chi connectivity index (χ0v) is 11.4. The summed E-state index contributed by atoms with van der Waals surface area (Å²) in [4.78, 5) is 0. The van der Waals surface area contributed by atoms with Gasteiger partial charge in [-0.25, -0.2) is 13.1 Å². The zero-order valence-electron chi connectivity index (χ0n) is 10.6. The predicted molar refractivity (Wildman–Crippen MR) is 73.2 cm³/mol. The summed E-state index contributed by atoms with van der Waals surface area (Å²) in [6.45, 7) is 3.49. The van der Waals surface area contributed by atoms with E-state index in [0.717, 1.165) is 11.0 Å². The minimum absolute atomic E-state index is 0.0369. The van der Waals surface area contributed by atoms with Crippen LogP contribution in [0.15, 0.2) is 35.7 Å². The van der Waals surface area contributed by atoms with Gasteiger partial charge in [-0.05, 0) is 17.6 Å². The largest absolute Gasteiger partial charge is 0.395 e. The molecule has 5 heteroatoms. The molecule has 0 radical (unpaired) electrons. The average molecular weight is 269 g/mol. The van der Waals surface area contributed by atoms with Crippen molar-refractivity contribution in [3.63, 3.8) is 0 Å². The van der Waals surface area contributed by atoms with Crippen molar-refractivity contribution >= 4 is 16.1 Å². The molecular formula is C13H19NO3S. The number of sulfonamides is 1. The van der Waals surface area contributed by atoms with Crippen LogP contribution in [0.25, 0.3) is 6.08 Å². The van der Waals surface area contributed by atoms with Crippen LogP contribution in [0.4, 0.5) is 0 Å². The smallest absolute Gasteiger partial charge is 0.234 e. The number of nitrogens with one attached hydrogen (secondary N) is 1. The molecule has 18 heavy (non-hydrogen) atoms. The quantitative estimate of drug-likeness (QED) is 0.824. The van der Waals surface area contributed by atoms with Gasteiger partial charge in [-0.2, -0.15) is 0 Å². The highest BCUT2D eigenvalue weighted by Gasteiger charge is 2.17. The van der Waals surface area contributed by atoms with Gasteiger partial charge in [-0.3, -0.25) is 0 Å². The molecule has 0 amide bonds. The molecule has 0 fully saturated rings. The predicted octanol–water partition coefficient (Wildman–Crippen LogP) is 1.59. The lowest BCUT2D eigenvalue weighted by Gasteiger charge is -2.18. The van der Waals surface area contributed by atoms with Crippen LogP contribution < -0.4 is 4.72 Å². The molecule has 1 atom stereocenters. The van der Waals surface area contributed by atoms with Gasteiger partial charge >= 0.3 is 0 Å². The Kier molecular flexibility index (Phi) is 5.53. The number of aliphatic hydroxyl groups is 1. The molecule has 1 rings (SSSR count). The summed E-state index contributed by atoms with van der Waals surface area (Å²) in [6.07, 6.45) is 1.52. The maximum atomic E-state index is 11.8. The van der Waals surface area contributed by atoms with E-state index in [1.54, 1.807) is 0 Å². The number of aliphatic hydroxyl groups excluding tert-OH is 1. The monoisotopic (exact) mass is 269 g/mol. The molecule has 1 aromatic rings. The van der Waals surface area contributed by atoms with E-state index in [2.05, 4.69) is 4.72 Å². The summed E-state index contributed by atoms with van der Waals surface area (Å²) in [5.74, 6) is 0.0369. The molecule has 0 aliphatic heterocycles. The molecule has 4 nitrogen and oxygen atoms in total. The molecule has 1 aromatic carbocycles. The molecule has 0 saturated heterocycles. The Hall–Kier alpha value is -1.17. The topological polar surface area (TPSA) is 66.4 Å². The van der Waals surface area contributed by atoms with Gasteiger partial charge in [0, 0.05) is 11.4 Å². The zero-order chi connectivity index (χ0) is 13.6. The van der Waals surface area contributed by atoms with Crippen LogP contribution in [0.5, 0.6) is 0 Å². The Morgan fingerprint density at radius 3 is 2.39 bits per heavy atom. The van der Waals surface area contributed by atoms with Gasteiger partial charge in [-0.1, -0.05) is 44.2 Å². The van der Waals surface area contributed by atoms with E-state index in [-0.39, 0.29) is 12.5 Å². The molecule has 0 aliphatic rings. The molecule has 0 aliphatic carbocycles. The van der Waals surface area contributed by atoms with Crippen LogP contribution in [-0.4, -0.2) is 26.2 Å². The lowest BCUT2D eigenvalue weighted by atomic mass is 10.1. The summed E-state index contributed by atoms with van der Waals surface area (Å²) < 4.78 is 26.0. The number of hydrogen-bond acceptors (Lipinski definition) is 3. The normalized spacial score (nSPS) is 14.2. The maximum Gasteiger partial charge on any atom is 0.234 e. The third-order valence-electron chi connectivity index (χ3n) is 2.56. The average Bonchev–Trinajstić information content (AvgIpc) is 2.35. The van der Waals surface area contributed by atoms with Gasteiger partial charge in [0.25, 0.3) is 0 Å². The van der Waals surface area contributed by atoms with E-state index in [1.165, 1.54) is 6.08 Å². The maximum absolute atomic E-state index is 11.8. The summed E-state index contributed by atoms with van der Waals surface area (Å²) in [7, 11) is -3.53. The van der Waals surface area contributed by atoms with Crippen molar-refractivity contribution in [3.05, 3.63) is 41.3 Å². The molecule has 0 bridgehead atoms. The first kappa shape index (κ1) is 14.9. The Balaban J connectivity index is 2.73. The second kappa shape index (κ2) is 6.68. The summed E-state index contributed by atoms with van der Waals surface area (Å²) in [5, 5.41) is 10.2. The first-order valence-corrected chi connectivity index (χ1v) is 7.35. The van der Waals surface area contributed by atoms with Crippen molar-refractivity contribution in [1.82, 2.24) is 4.72 Å². The highest BCUT2D eigenvalue weighted by atomic mass is 32.2. The first-order chi connectivity index (χ1) is 8.44. The fraction of sp³-hybridized carbons (Fsp3) is 0.385. The van der Waals surface area contributed by atoms with Crippen molar-refractivity contribution in [2.45, 2.75) is 19.9 Å². The van der Waals surface area contributed by atoms with Crippen LogP contribution in [0.3, 0.4) is 0 Å². The van der Waals surface area contributed by atoms with Crippen LogP contribution in [0.2, 0.25) is 0 Å². The van der Waals surface area contributed by atoms with Gasteiger partial charge in [-0.15, -0.1) is 0 Å². The number of benzene rings is 1. The Morgan fingerprint density at radius 2 is 1.89 bits per heavy atom. The van der Waals surface area contributed by atoms with E-state index >= 15 is 0 Å². The Morgan fingerprint density at radius 1 is 1.28 bits per heavy atom. The minimum Gasteiger partial charge on any atom is -0.395 e. The molecule has 0 heterocycles. The van der Waals surface area contributed by atoms with Crippen LogP contribution in [0, 0.1) is 5.92 Å². The van der Waals surface area contributed by atoms with Crippen molar-refractivity contribution in [2.24, 2.45) is 5.92 Å². The summed E-state index contributed by atoms with van der Waals surface area (Å²) in [6, 6.07) is 8.71. The third kappa shape index (κ3) is 5.00. The Labute approximate surface area is 108 Å². The summed E-state index contributed by atoms with van der Waals surface area (Å²) >= 11 is 0. The summed E-state index contributed by atoms with van der Waals surface area (Å²) in [5.41, 5.74) is 0.813. The fourth-order valence-electron chi connectivity index (χ4n) is 1.37. The van der Waals surface area contributed by atoms with E-state index in [0.29, 0.717) is 0 Å². The van der Waals surface area contributed by atoms with Gasteiger partial charge in [0.1, 0.15) is 0 Å². The highest BCUT2D eigenvalue weighted by Crippen LogP contribution is 2.06. The molecule has 1 unspecified atom stereocenters. The molecular weight excluding hydrogens is 250 g/mol. The molecule has 100 valence electrons. The van der Waals surface area contributed by atoms with E-state index in [1.807, 2.05) is 44.2 Å². The van der Waals surface area contributed by atoms with Crippen molar-refractivity contribution in [1.29, 1.82) is 0 Å². The van der Waals surface area contributed by atoms with Crippen LogP contribution in [0.1, 0.15) is 19.4 Å². The Bertz CT molecular complexity index is 480. The van der Waals surface area contributed by atoms with Gasteiger partial charge in [0.15, 0.2) is 0 Å². The fourth-order valence-corrected chi connectivity index (χ4v) is 2.55. The van der Waals surface area contributed by atoms with Gasteiger partial charge < -0.3 is 5.11 Å². The lowest BCUT2D eigenvalue weighted by molar-refractivity contribution is 0.228. The number of rotatable bonds is 6. The minimum atomic E-state index is -3.53.